The van der Waals surface area contributed by atoms with E-state index in [-0.39, 0.29) is 5.56 Å². The van der Waals surface area contributed by atoms with Gasteiger partial charge in [0.1, 0.15) is 0 Å². The van der Waals surface area contributed by atoms with Gasteiger partial charge >= 0.3 is 0 Å². The van der Waals surface area contributed by atoms with Crippen LogP contribution in [0.1, 0.15) is 19.4 Å². The van der Waals surface area contributed by atoms with Gasteiger partial charge in [-0.3, -0.25) is 0 Å². The molecule has 1 nitrogen and oxygen atoms in total. The first kappa shape index (κ1) is 12.7. The predicted octanol–water partition coefficient (Wildman–Crippen LogP) is 3.86. The molecule has 0 unspecified atom stereocenters. The van der Waals surface area contributed by atoms with Gasteiger partial charge in [-0.2, -0.15) is 0 Å². The van der Waals surface area contributed by atoms with E-state index in [1.54, 1.807) is 30.3 Å². The van der Waals surface area contributed by atoms with Crippen LogP contribution in [-0.4, -0.2) is 5.11 Å². The topological polar surface area (TPSA) is 20.2 Å². The summed E-state index contributed by atoms with van der Waals surface area (Å²) < 4.78 is 27.4. The van der Waals surface area contributed by atoms with Crippen molar-refractivity contribution in [3.8, 4) is 11.1 Å². The van der Waals surface area contributed by atoms with Crippen LogP contribution >= 0.6 is 0 Å². The summed E-state index contributed by atoms with van der Waals surface area (Å²) in [5.74, 6) is -1.84. The molecule has 0 saturated carbocycles. The molecule has 0 radical (unpaired) electrons. The Kier molecular flexibility index (Phi) is 3.18. The third-order valence-corrected chi connectivity index (χ3v) is 2.82. The van der Waals surface area contributed by atoms with Gasteiger partial charge in [-0.25, -0.2) is 8.78 Å². The molecule has 0 aromatic heterocycles. The molecule has 0 spiro atoms. The van der Waals surface area contributed by atoms with Gasteiger partial charge in [0.2, 0.25) is 0 Å². The molecule has 0 fully saturated rings. The lowest BCUT2D eigenvalue weighted by Gasteiger charge is -2.19. The molecule has 18 heavy (non-hydrogen) atoms. The highest BCUT2D eigenvalue weighted by molar-refractivity contribution is 5.65. The first-order valence-electron chi connectivity index (χ1n) is 5.67. The highest BCUT2D eigenvalue weighted by Crippen LogP contribution is 2.30. The first-order valence-corrected chi connectivity index (χ1v) is 5.67. The zero-order valence-electron chi connectivity index (χ0n) is 10.2. The second-order valence-electron chi connectivity index (χ2n) is 4.74. The predicted molar refractivity (Wildman–Crippen MR) is 67.0 cm³/mol. The fraction of sp³-hybridized carbons (Fsp3) is 0.200. The highest BCUT2D eigenvalue weighted by Gasteiger charge is 2.21. The summed E-state index contributed by atoms with van der Waals surface area (Å²) in [5, 5.41) is 9.89. The fourth-order valence-electron chi connectivity index (χ4n) is 1.77. The van der Waals surface area contributed by atoms with Crippen LogP contribution in [0.25, 0.3) is 11.1 Å². The summed E-state index contributed by atoms with van der Waals surface area (Å²) in [6.45, 7) is 3.07. The SMILES string of the molecule is CC(C)(O)c1cc(F)c(F)c(-c2ccccc2)c1. The van der Waals surface area contributed by atoms with Crippen molar-refractivity contribution < 1.29 is 13.9 Å². The van der Waals surface area contributed by atoms with E-state index < -0.39 is 17.2 Å². The van der Waals surface area contributed by atoms with Crippen molar-refractivity contribution in [2.24, 2.45) is 0 Å². The minimum absolute atomic E-state index is 0.160. The molecule has 2 aromatic carbocycles. The van der Waals surface area contributed by atoms with Gasteiger partial charge in [0, 0.05) is 5.56 Å². The summed E-state index contributed by atoms with van der Waals surface area (Å²) in [4.78, 5) is 0. The molecule has 0 bridgehead atoms. The summed E-state index contributed by atoms with van der Waals surface area (Å²) in [6.07, 6.45) is 0. The number of halogens is 2. The molecule has 2 aromatic rings. The van der Waals surface area contributed by atoms with E-state index in [0.717, 1.165) is 6.07 Å². The molecule has 94 valence electrons. The monoisotopic (exact) mass is 248 g/mol. The van der Waals surface area contributed by atoms with E-state index >= 15 is 0 Å². The maximum Gasteiger partial charge on any atom is 0.166 e. The van der Waals surface area contributed by atoms with Gasteiger partial charge in [0.25, 0.3) is 0 Å². The van der Waals surface area contributed by atoms with Crippen LogP contribution in [0.2, 0.25) is 0 Å². The second kappa shape index (κ2) is 4.50. The van der Waals surface area contributed by atoms with Gasteiger partial charge < -0.3 is 5.11 Å². The molecule has 3 heteroatoms. The van der Waals surface area contributed by atoms with E-state index in [4.69, 9.17) is 0 Å². The Bertz CT molecular complexity index is 557. The van der Waals surface area contributed by atoms with Crippen LogP contribution in [0.15, 0.2) is 42.5 Å². The minimum Gasteiger partial charge on any atom is -0.386 e. The normalized spacial score (nSPS) is 11.6. The molecular formula is C15H14F2O. The molecule has 0 amide bonds. The molecule has 1 N–H and O–H groups in total. The van der Waals surface area contributed by atoms with Crippen LogP contribution in [0.4, 0.5) is 8.78 Å². The van der Waals surface area contributed by atoms with Crippen molar-refractivity contribution in [3.63, 3.8) is 0 Å². The smallest absolute Gasteiger partial charge is 0.166 e. The Balaban J connectivity index is 2.64. The van der Waals surface area contributed by atoms with Crippen molar-refractivity contribution in [2.45, 2.75) is 19.4 Å². The van der Waals surface area contributed by atoms with Crippen LogP contribution in [0, 0.1) is 11.6 Å². The van der Waals surface area contributed by atoms with Crippen molar-refractivity contribution in [1.82, 2.24) is 0 Å². The standard InChI is InChI=1S/C15H14F2O/c1-15(2,18)11-8-12(14(17)13(16)9-11)10-6-4-3-5-7-10/h3-9,18H,1-2H3. The van der Waals surface area contributed by atoms with Gasteiger partial charge in [-0.05, 0) is 37.1 Å². The Morgan fingerprint density at radius 3 is 2.17 bits per heavy atom. The molecule has 0 saturated heterocycles. The average Bonchev–Trinajstić information content (AvgIpc) is 2.32. The first-order chi connectivity index (χ1) is 8.39. The lowest BCUT2D eigenvalue weighted by Crippen LogP contribution is -2.16. The minimum atomic E-state index is -1.21. The van der Waals surface area contributed by atoms with E-state index in [2.05, 4.69) is 0 Å². The summed E-state index contributed by atoms with van der Waals surface area (Å²) in [7, 11) is 0. The number of benzene rings is 2. The van der Waals surface area contributed by atoms with Crippen molar-refractivity contribution in [1.29, 1.82) is 0 Å². The third-order valence-electron chi connectivity index (χ3n) is 2.82. The molecule has 2 rings (SSSR count). The van der Waals surface area contributed by atoms with E-state index in [1.807, 2.05) is 0 Å². The Morgan fingerprint density at radius 2 is 1.61 bits per heavy atom. The lowest BCUT2D eigenvalue weighted by molar-refractivity contribution is 0.0781. The van der Waals surface area contributed by atoms with E-state index in [0.29, 0.717) is 11.1 Å². The van der Waals surface area contributed by atoms with Crippen molar-refractivity contribution in [3.05, 3.63) is 59.7 Å². The molecule has 0 heterocycles. The van der Waals surface area contributed by atoms with Crippen LogP contribution in [-0.2, 0) is 5.60 Å². The molecular weight excluding hydrogens is 234 g/mol. The van der Waals surface area contributed by atoms with Gasteiger partial charge in [0.05, 0.1) is 5.60 Å². The molecule has 0 aliphatic heterocycles. The van der Waals surface area contributed by atoms with Gasteiger partial charge in [-0.15, -0.1) is 0 Å². The van der Waals surface area contributed by atoms with Crippen LogP contribution < -0.4 is 0 Å². The summed E-state index contributed by atoms with van der Waals surface area (Å²) in [5.41, 5.74) is -0.120. The number of rotatable bonds is 2. The molecule has 0 atom stereocenters. The zero-order valence-corrected chi connectivity index (χ0v) is 10.2. The van der Waals surface area contributed by atoms with Crippen LogP contribution in [0.3, 0.4) is 0 Å². The average molecular weight is 248 g/mol. The van der Waals surface area contributed by atoms with Crippen LogP contribution in [0.5, 0.6) is 0 Å². The number of hydrogen-bond acceptors (Lipinski definition) is 1. The Hall–Kier alpha value is -1.74. The van der Waals surface area contributed by atoms with E-state index in [1.165, 1.54) is 19.9 Å². The molecule has 0 aliphatic carbocycles. The van der Waals surface area contributed by atoms with Gasteiger partial charge in [0.15, 0.2) is 11.6 Å². The quantitative estimate of drug-likeness (QED) is 0.855. The summed E-state index contributed by atoms with van der Waals surface area (Å²) in [6, 6.07) is 11.2. The van der Waals surface area contributed by atoms with E-state index in [9.17, 15) is 13.9 Å². The summed E-state index contributed by atoms with van der Waals surface area (Å²) >= 11 is 0. The third kappa shape index (κ3) is 2.41. The Morgan fingerprint density at radius 1 is 1.00 bits per heavy atom. The lowest BCUT2D eigenvalue weighted by atomic mass is 9.93. The van der Waals surface area contributed by atoms with Crippen molar-refractivity contribution >= 4 is 0 Å². The Labute approximate surface area is 105 Å². The van der Waals surface area contributed by atoms with Gasteiger partial charge in [-0.1, -0.05) is 30.3 Å². The molecule has 0 aliphatic rings. The largest absolute Gasteiger partial charge is 0.386 e. The fourth-order valence-corrected chi connectivity index (χ4v) is 1.77. The zero-order chi connectivity index (χ0) is 13.3. The second-order valence-corrected chi connectivity index (χ2v) is 4.74. The maximum absolute atomic E-state index is 13.8. The maximum atomic E-state index is 13.8. The number of aliphatic hydroxyl groups is 1. The van der Waals surface area contributed by atoms with Crippen molar-refractivity contribution in [2.75, 3.05) is 0 Å². The highest BCUT2D eigenvalue weighted by atomic mass is 19.2. The number of hydrogen-bond donors (Lipinski definition) is 1.